The minimum atomic E-state index is -0.513. The number of aromatic nitrogens is 2. The molecule has 5 heteroatoms. The summed E-state index contributed by atoms with van der Waals surface area (Å²) in [6.45, 7) is 0. The summed E-state index contributed by atoms with van der Waals surface area (Å²) in [5, 5.41) is 0. The predicted molar refractivity (Wildman–Crippen MR) is 52.1 cm³/mol. The van der Waals surface area contributed by atoms with E-state index < -0.39 is 5.97 Å². The fraction of sp³-hybridized carbons (Fsp3) is 0.300. The fourth-order valence-corrected chi connectivity index (χ4v) is 0.991. The van der Waals surface area contributed by atoms with E-state index in [4.69, 9.17) is 0 Å². The lowest BCUT2D eigenvalue weighted by molar-refractivity contribution is -0.107. The number of methoxy groups -OCH3 is 1. The number of carbonyl (C=O) groups is 2. The molecular formula is C10H10N2O3. The van der Waals surface area contributed by atoms with Gasteiger partial charge in [0.25, 0.3) is 0 Å². The molecule has 0 aliphatic carbocycles. The molecule has 0 spiro atoms. The van der Waals surface area contributed by atoms with Gasteiger partial charge in [-0.3, -0.25) is 0 Å². The summed E-state index contributed by atoms with van der Waals surface area (Å²) in [5.41, 5.74) is 0.444. The molecule has 0 aromatic carbocycles. The van der Waals surface area contributed by atoms with Crippen LogP contribution >= 0.6 is 0 Å². The van der Waals surface area contributed by atoms with E-state index in [9.17, 15) is 9.59 Å². The molecule has 1 aromatic rings. The standard InChI is InChI=1S/C10H10N2O3/c1-12-7-8(5-3-4-6-13)11-9(12)10(14)15-2/h6-7H,4H2,1-2H3. The molecule has 0 unspecified atom stereocenters. The molecule has 0 aliphatic rings. The van der Waals surface area contributed by atoms with Gasteiger partial charge in [-0.1, -0.05) is 5.92 Å². The summed E-state index contributed by atoms with van der Waals surface area (Å²) in [4.78, 5) is 25.1. The first kappa shape index (κ1) is 11.0. The summed E-state index contributed by atoms with van der Waals surface area (Å²) in [7, 11) is 2.96. The Hall–Kier alpha value is -2.09. The highest BCUT2D eigenvalue weighted by atomic mass is 16.5. The van der Waals surface area contributed by atoms with Gasteiger partial charge in [0.2, 0.25) is 5.82 Å². The topological polar surface area (TPSA) is 61.2 Å². The van der Waals surface area contributed by atoms with Gasteiger partial charge >= 0.3 is 5.97 Å². The molecule has 0 fully saturated rings. The van der Waals surface area contributed by atoms with Crippen molar-refractivity contribution in [1.29, 1.82) is 0 Å². The Bertz CT molecular complexity index is 437. The number of hydrogen-bond donors (Lipinski definition) is 0. The van der Waals surface area contributed by atoms with Gasteiger partial charge in [0.05, 0.1) is 13.5 Å². The van der Waals surface area contributed by atoms with Gasteiger partial charge < -0.3 is 14.1 Å². The minimum absolute atomic E-state index is 0.157. The molecule has 0 saturated carbocycles. The summed E-state index contributed by atoms with van der Waals surface area (Å²) in [5.74, 6) is 4.94. The van der Waals surface area contributed by atoms with Crippen LogP contribution in [0.3, 0.4) is 0 Å². The van der Waals surface area contributed by atoms with Crippen molar-refractivity contribution >= 4 is 12.3 Å². The second-order valence-corrected chi connectivity index (χ2v) is 2.72. The van der Waals surface area contributed by atoms with E-state index in [1.165, 1.54) is 11.7 Å². The average Bonchev–Trinajstić information content (AvgIpc) is 2.59. The summed E-state index contributed by atoms with van der Waals surface area (Å²) in [6, 6.07) is 0. The molecule has 1 aromatic heterocycles. The van der Waals surface area contributed by atoms with Crippen molar-refractivity contribution in [1.82, 2.24) is 9.55 Å². The van der Waals surface area contributed by atoms with Crippen molar-refractivity contribution < 1.29 is 14.3 Å². The van der Waals surface area contributed by atoms with E-state index in [0.29, 0.717) is 12.0 Å². The molecule has 0 bridgehead atoms. The monoisotopic (exact) mass is 206 g/mol. The number of imidazole rings is 1. The number of ether oxygens (including phenoxy) is 1. The first-order chi connectivity index (χ1) is 7.19. The maximum absolute atomic E-state index is 11.2. The van der Waals surface area contributed by atoms with Crippen LogP contribution in [0.5, 0.6) is 0 Å². The van der Waals surface area contributed by atoms with E-state index in [2.05, 4.69) is 21.6 Å². The number of hydrogen-bond acceptors (Lipinski definition) is 4. The molecule has 0 saturated heterocycles. The minimum Gasteiger partial charge on any atom is -0.463 e. The maximum Gasteiger partial charge on any atom is 0.374 e. The van der Waals surface area contributed by atoms with Crippen LogP contribution in [0.2, 0.25) is 0 Å². The highest BCUT2D eigenvalue weighted by molar-refractivity contribution is 5.85. The largest absolute Gasteiger partial charge is 0.463 e. The molecule has 0 amide bonds. The smallest absolute Gasteiger partial charge is 0.374 e. The first-order valence-electron chi connectivity index (χ1n) is 4.23. The zero-order valence-electron chi connectivity index (χ0n) is 8.48. The Morgan fingerprint density at radius 2 is 2.47 bits per heavy atom. The molecule has 15 heavy (non-hydrogen) atoms. The van der Waals surface area contributed by atoms with E-state index in [-0.39, 0.29) is 12.2 Å². The molecule has 0 atom stereocenters. The second kappa shape index (κ2) is 4.96. The molecule has 1 rings (SSSR count). The Balaban J connectivity index is 2.92. The Morgan fingerprint density at radius 1 is 1.73 bits per heavy atom. The summed E-state index contributed by atoms with van der Waals surface area (Å²) < 4.78 is 6.05. The van der Waals surface area contributed by atoms with Crippen molar-refractivity contribution in [2.24, 2.45) is 7.05 Å². The number of nitrogens with zero attached hydrogens (tertiary/aromatic N) is 2. The van der Waals surface area contributed by atoms with Crippen molar-refractivity contribution in [3.8, 4) is 11.8 Å². The van der Waals surface area contributed by atoms with Gasteiger partial charge in [0, 0.05) is 13.2 Å². The quantitative estimate of drug-likeness (QED) is 0.392. The molecule has 78 valence electrons. The Kier molecular flexibility index (Phi) is 3.63. The van der Waals surface area contributed by atoms with Gasteiger partial charge in [-0.15, -0.1) is 0 Å². The third kappa shape index (κ3) is 2.68. The van der Waals surface area contributed by atoms with Crippen molar-refractivity contribution in [2.45, 2.75) is 6.42 Å². The van der Waals surface area contributed by atoms with Gasteiger partial charge in [-0.2, -0.15) is 0 Å². The highest BCUT2D eigenvalue weighted by Gasteiger charge is 2.12. The number of aryl methyl sites for hydroxylation is 1. The van der Waals surface area contributed by atoms with Gasteiger partial charge in [0.1, 0.15) is 12.0 Å². The number of esters is 1. The van der Waals surface area contributed by atoms with Crippen LogP contribution in [0.15, 0.2) is 6.20 Å². The van der Waals surface area contributed by atoms with Crippen molar-refractivity contribution in [3.05, 3.63) is 17.7 Å². The second-order valence-electron chi connectivity index (χ2n) is 2.72. The predicted octanol–water partition coefficient (Wildman–Crippen LogP) is 0.147. The van der Waals surface area contributed by atoms with Gasteiger partial charge in [-0.25, -0.2) is 9.78 Å². The normalized spacial score (nSPS) is 8.93. The molecule has 0 aliphatic heterocycles. The SMILES string of the molecule is COC(=O)c1nc(C#CCC=O)cn1C. The van der Waals surface area contributed by atoms with Crippen LogP contribution in [0.25, 0.3) is 0 Å². The van der Waals surface area contributed by atoms with Crippen molar-refractivity contribution in [2.75, 3.05) is 7.11 Å². The maximum atomic E-state index is 11.2. The summed E-state index contributed by atoms with van der Waals surface area (Å²) >= 11 is 0. The van der Waals surface area contributed by atoms with Crippen LogP contribution in [0.4, 0.5) is 0 Å². The highest BCUT2D eigenvalue weighted by Crippen LogP contribution is 2.01. The summed E-state index contributed by atoms with van der Waals surface area (Å²) in [6.07, 6.45) is 2.46. The number of rotatable bonds is 2. The van der Waals surface area contributed by atoms with Crippen LogP contribution in [-0.2, 0) is 16.6 Å². The van der Waals surface area contributed by atoms with Gasteiger partial charge in [0.15, 0.2) is 0 Å². The Morgan fingerprint density at radius 3 is 3.07 bits per heavy atom. The fourth-order valence-electron chi connectivity index (χ4n) is 0.991. The Labute approximate surface area is 87.1 Å². The van der Waals surface area contributed by atoms with E-state index in [1.54, 1.807) is 13.2 Å². The zero-order valence-corrected chi connectivity index (χ0v) is 8.48. The van der Waals surface area contributed by atoms with Crippen LogP contribution in [0.1, 0.15) is 22.7 Å². The van der Waals surface area contributed by atoms with Crippen LogP contribution in [0, 0.1) is 11.8 Å². The molecule has 0 N–H and O–H groups in total. The number of aldehydes is 1. The van der Waals surface area contributed by atoms with E-state index >= 15 is 0 Å². The zero-order chi connectivity index (χ0) is 11.3. The lowest BCUT2D eigenvalue weighted by Crippen LogP contribution is -2.08. The average molecular weight is 206 g/mol. The lowest BCUT2D eigenvalue weighted by atomic mass is 10.4. The van der Waals surface area contributed by atoms with Crippen molar-refractivity contribution in [3.63, 3.8) is 0 Å². The lowest BCUT2D eigenvalue weighted by Gasteiger charge is -1.96. The molecular weight excluding hydrogens is 196 g/mol. The van der Waals surface area contributed by atoms with Crippen LogP contribution in [-0.4, -0.2) is 28.9 Å². The molecule has 0 radical (unpaired) electrons. The van der Waals surface area contributed by atoms with Gasteiger partial charge in [-0.05, 0) is 5.92 Å². The van der Waals surface area contributed by atoms with Crippen LogP contribution < -0.4 is 0 Å². The number of carbonyl (C=O) groups excluding carboxylic acids is 2. The third-order valence-corrected chi connectivity index (χ3v) is 1.65. The first-order valence-corrected chi connectivity index (χ1v) is 4.23. The third-order valence-electron chi connectivity index (χ3n) is 1.65. The van der Waals surface area contributed by atoms with E-state index in [1.807, 2.05) is 0 Å². The molecule has 1 heterocycles. The molecule has 5 nitrogen and oxygen atoms in total. The van der Waals surface area contributed by atoms with E-state index in [0.717, 1.165) is 0 Å².